The second-order valence-corrected chi connectivity index (χ2v) is 4.99. The summed E-state index contributed by atoms with van der Waals surface area (Å²) < 4.78 is 13.4. The Morgan fingerprint density at radius 2 is 1.83 bits per heavy atom. The van der Waals surface area contributed by atoms with Crippen LogP contribution in [0.15, 0.2) is 24.3 Å². The van der Waals surface area contributed by atoms with E-state index in [9.17, 15) is 4.39 Å². The summed E-state index contributed by atoms with van der Waals surface area (Å²) >= 11 is 0. The van der Waals surface area contributed by atoms with Crippen molar-refractivity contribution in [1.82, 2.24) is 10.2 Å². The second-order valence-electron chi connectivity index (χ2n) is 4.99. The molecule has 0 saturated carbocycles. The standard InChI is InChI=1S/C15H23FN2/c16-15-7-3-2-6-14(15)8-9-17-10-13-18-11-4-1-5-12-18/h2-3,6-7,17H,1,4-5,8-13H2. The van der Waals surface area contributed by atoms with Crippen molar-refractivity contribution in [3.05, 3.63) is 35.6 Å². The second kappa shape index (κ2) is 7.49. The Bertz CT molecular complexity index is 348. The van der Waals surface area contributed by atoms with Gasteiger partial charge in [0.05, 0.1) is 0 Å². The van der Waals surface area contributed by atoms with Crippen LogP contribution in [-0.2, 0) is 6.42 Å². The van der Waals surface area contributed by atoms with Crippen LogP contribution in [0.1, 0.15) is 24.8 Å². The molecule has 0 unspecified atom stereocenters. The van der Waals surface area contributed by atoms with E-state index in [1.165, 1.54) is 38.4 Å². The Balaban J connectivity index is 1.57. The zero-order valence-corrected chi connectivity index (χ0v) is 11.0. The van der Waals surface area contributed by atoms with Gasteiger partial charge in [0.15, 0.2) is 0 Å². The monoisotopic (exact) mass is 250 g/mol. The van der Waals surface area contributed by atoms with Gasteiger partial charge in [-0.15, -0.1) is 0 Å². The van der Waals surface area contributed by atoms with Crippen molar-refractivity contribution in [3.63, 3.8) is 0 Å². The van der Waals surface area contributed by atoms with Gasteiger partial charge in [-0.2, -0.15) is 0 Å². The molecule has 1 aromatic carbocycles. The van der Waals surface area contributed by atoms with Crippen molar-refractivity contribution < 1.29 is 4.39 Å². The van der Waals surface area contributed by atoms with Crippen LogP contribution in [0.5, 0.6) is 0 Å². The topological polar surface area (TPSA) is 15.3 Å². The zero-order valence-electron chi connectivity index (χ0n) is 11.0. The van der Waals surface area contributed by atoms with E-state index in [-0.39, 0.29) is 5.82 Å². The predicted octanol–water partition coefficient (Wildman–Crippen LogP) is 2.44. The molecule has 0 aliphatic carbocycles. The molecule has 2 rings (SSSR count). The molecule has 1 aliphatic rings. The van der Waals surface area contributed by atoms with Gasteiger partial charge in [0.2, 0.25) is 0 Å². The number of likely N-dealkylation sites (tertiary alicyclic amines) is 1. The highest BCUT2D eigenvalue weighted by molar-refractivity contribution is 5.17. The Morgan fingerprint density at radius 3 is 2.61 bits per heavy atom. The molecule has 0 amide bonds. The Labute approximate surface area is 109 Å². The van der Waals surface area contributed by atoms with E-state index < -0.39 is 0 Å². The Kier molecular flexibility index (Phi) is 5.62. The first-order valence-corrected chi connectivity index (χ1v) is 7.03. The van der Waals surface area contributed by atoms with Gasteiger partial charge in [0, 0.05) is 13.1 Å². The summed E-state index contributed by atoms with van der Waals surface area (Å²) in [6.07, 6.45) is 4.84. The minimum absolute atomic E-state index is 0.0877. The highest BCUT2D eigenvalue weighted by Gasteiger charge is 2.08. The van der Waals surface area contributed by atoms with Gasteiger partial charge in [0.25, 0.3) is 0 Å². The lowest BCUT2D eigenvalue weighted by Crippen LogP contribution is -2.36. The maximum atomic E-state index is 13.4. The third kappa shape index (κ3) is 4.39. The summed E-state index contributed by atoms with van der Waals surface area (Å²) in [4.78, 5) is 2.51. The number of hydrogen-bond acceptors (Lipinski definition) is 2. The molecule has 1 aliphatic heterocycles. The van der Waals surface area contributed by atoms with Crippen molar-refractivity contribution in [3.8, 4) is 0 Å². The predicted molar refractivity (Wildman–Crippen MR) is 73.3 cm³/mol. The summed E-state index contributed by atoms with van der Waals surface area (Å²) in [7, 11) is 0. The van der Waals surface area contributed by atoms with Gasteiger partial charge >= 0.3 is 0 Å². The van der Waals surface area contributed by atoms with Crippen LogP contribution in [-0.4, -0.2) is 37.6 Å². The molecule has 100 valence electrons. The number of rotatable bonds is 6. The van der Waals surface area contributed by atoms with Crippen molar-refractivity contribution in [2.24, 2.45) is 0 Å². The first kappa shape index (κ1) is 13.5. The number of benzene rings is 1. The van der Waals surface area contributed by atoms with Crippen molar-refractivity contribution in [2.45, 2.75) is 25.7 Å². The summed E-state index contributed by atoms with van der Waals surface area (Å²) in [5.41, 5.74) is 0.808. The fourth-order valence-electron chi connectivity index (χ4n) is 2.47. The van der Waals surface area contributed by atoms with Crippen molar-refractivity contribution >= 4 is 0 Å². The van der Waals surface area contributed by atoms with E-state index in [1.54, 1.807) is 6.07 Å². The third-order valence-electron chi connectivity index (χ3n) is 3.58. The quantitative estimate of drug-likeness (QED) is 0.780. The van der Waals surface area contributed by atoms with Crippen LogP contribution >= 0.6 is 0 Å². The first-order valence-electron chi connectivity index (χ1n) is 7.03. The molecule has 3 heteroatoms. The lowest BCUT2D eigenvalue weighted by atomic mass is 10.1. The summed E-state index contributed by atoms with van der Waals surface area (Å²) in [5, 5.41) is 3.40. The molecule has 0 aromatic heterocycles. The first-order chi connectivity index (χ1) is 8.86. The van der Waals surface area contributed by atoms with Crippen molar-refractivity contribution in [1.29, 1.82) is 0 Å². The minimum Gasteiger partial charge on any atom is -0.315 e. The molecule has 1 heterocycles. The van der Waals surface area contributed by atoms with E-state index in [0.717, 1.165) is 31.6 Å². The van der Waals surface area contributed by atoms with E-state index in [4.69, 9.17) is 0 Å². The molecule has 18 heavy (non-hydrogen) atoms. The smallest absolute Gasteiger partial charge is 0.126 e. The van der Waals surface area contributed by atoms with Gasteiger partial charge < -0.3 is 10.2 Å². The average Bonchev–Trinajstić information content (AvgIpc) is 2.42. The van der Waals surface area contributed by atoms with Gasteiger partial charge in [0.1, 0.15) is 5.82 Å². The van der Waals surface area contributed by atoms with Gasteiger partial charge in [-0.05, 0) is 50.5 Å². The number of halogens is 1. The average molecular weight is 250 g/mol. The molecule has 0 radical (unpaired) electrons. The number of hydrogen-bond donors (Lipinski definition) is 1. The lowest BCUT2D eigenvalue weighted by Gasteiger charge is -2.26. The van der Waals surface area contributed by atoms with Crippen LogP contribution < -0.4 is 5.32 Å². The fourth-order valence-corrected chi connectivity index (χ4v) is 2.47. The van der Waals surface area contributed by atoms with E-state index in [1.807, 2.05) is 12.1 Å². The fraction of sp³-hybridized carbons (Fsp3) is 0.600. The molecule has 1 fully saturated rings. The van der Waals surface area contributed by atoms with Crippen molar-refractivity contribution in [2.75, 3.05) is 32.7 Å². The molecule has 2 nitrogen and oxygen atoms in total. The van der Waals surface area contributed by atoms with E-state index >= 15 is 0 Å². The van der Waals surface area contributed by atoms with E-state index in [2.05, 4.69) is 10.2 Å². The van der Waals surface area contributed by atoms with Crippen LogP contribution in [0.2, 0.25) is 0 Å². The summed E-state index contributed by atoms with van der Waals surface area (Å²) in [6, 6.07) is 7.03. The van der Waals surface area contributed by atoms with Crippen LogP contribution in [0.3, 0.4) is 0 Å². The van der Waals surface area contributed by atoms with Crippen LogP contribution in [0.4, 0.5) is 4.39 Å². The van der Waals surface area contributed by atoms with Crippen LogP contribution in [0.25, 0.3) is 0 Å². The highest BCUT2D eigenvalue weighted by Crippen LogP contribution is 2.08. The SMILES string of the molecule is Fc1ccccc1CCNCCN1CCCCC1. The largest absolute Gasteiger partial charge is 0.315 e. The number of nitrogens with one attached hydrogen (secondary N) is 1. The Hall–Kier alpha value is -0.930. The van der Waals surface area contributed by atoms with Gasteiger partial charge in [-0.1, -0.05) is 24.6 Å². The number of nitrogens with zero attached hydrogens (tertiary/aromatic N) is 1. The maximum absolute atomic E-state index is 13.4. The lowest BCUT2D eigenvalue weighted by molar-refractivity contribution is 0.229. The molecule has 1 aromatic rings. The maximum Gasteiger partial charge on any atom is 0.126 e. The van der Waals surface area contributed by atoms with E-state index in [0.29, 0.717) is 0 Å². The molecule has 1 saturated heterocycles. The van der Waals surface area contributed by atoms with Crippen LogP contribution in [0, 0.1) is 5.82 Å². The Morgan fingerprint density at radius 1 is 1.06 bits per heavy atom. The highest BCUT2D eigenvalue weighted by atomic mass is 19.1. The summed E-state index contributed by atoms with van der Waals surface area (Å²) in [5.74, 6) is -0.0877. The van der Waals surface area contributed by atoms with Gasteiger partial charge in [-0.3, -0.25) is 0 Å². The molecule has 0 atom stereocenters. The molecule has 0 bridgehead atoms. The molecule has 0 spiro atoms. The minimum atomic E-state index is -0.0877. The molecular formula is C15H23FN2. The third-order valence-corrected chi connectivity index (χ3v) is 3.58. The zero-order chi connectivity index (χ0) is 12.6. The molecular weight excluding hydrogens is 227 g/mol. The number of piperidine rings is 1. The van der Waals surface area contributed by atoms with Gasteiger partial charge in [-0.25, -0.2) is 4.39 Å². The molecule has 1 N–H and O–H groups in total. The summed E-state index contributed by atoms with van der Waals surface area (Å²) in [6.45, 7) is 5.48. The normalized spacial score (nSPS) is 16.9.